The molecule has 0 aliphatic carbocycles. The highest BCUT2D eigenvalue weighted by atomic mass is 14.7. The van der Waals surface area contributed by atoms with Crippen molar-refractivity contribution in [2.75, 3.05) is 0 Å². The van der Waals surface area contributed by atoms with Crippen LogP contribution in [-0.4, -0.2) is 4.98 Å². The highest BCUT2D eigenvalue weighted by molar-refractivity contribution is 5.84. The fourth-order valence-corrected chi connectivity index (χ4v) is 2.39. The van der Waals surface area contributed by atoms with Crippen molar-refractivity contribution in [3.05, 3.63) is 78.5 Å². The normalized spacial score (nSPS) is 10.4. The van der Waals surface area contributed by atoms with Crippen LogP contribution in [0.1, 0.15) is 5.56 Å². The third-order valence-corrected chi connectivity index (χ3v) is 3.28. The van der Waals surface area contributed by atoms with Gasteiger partial charge in [0.2, 0.25) is 0 Å². The van der Waals surface area contributed by atoms with Crippen molar-refractivity contribution in [2.24, 2.45) is 0 Å². The number of benzene rings is 2. The largest absolute Gasteiger partial charge is 0.256 e. The van der Waals surface area contributed by atoms with E-state index >= 15 is 0 Å². The Labute approximate surface area is 113 Å². The molecule has 0 amide bonds. The standard InChI is InChI=1S/C18H15N/c1-14-8-7-11-16(17-12-5-6-13-19-17)18(14)15-9-3-2-4-10-15/h2-13H,1H3. The fourth-order valence-electron chi connectivity index (χ4n) is 2.39. The lowest BCUT2D eigenvalue weighted by Crippen LogP contribution is -1.90. The summed E-state index contributed by atoms with van der Waals surface area (Å²) in [6, 6.07) is 22.9. The van der Waals surface area contributed by atoms with Crippen LogP contribution in [0.3, 0.4) is 0 Å². The first-order valence-electron chi connectivity index (χ1n) is 6.43. The molecule has 1 nitrogen and oxygen atoms in total. The van der Waals surface area contributed by atoms with Crippen LogP contribution >= 0.6 is 0 Å². The van der Waals surface area contributed by atoms with Crippen LogP contribution in [0.5, 0.6) is 0 Å². The molecule has 0 saturated heterocycles. The Morgan fingerprint density at radius 3 is 2.26 bits per heavy atom. The molecular formula is C18H15N. The molecule has 92 valence electrons. The van der Waals surface area contributed by atoms with Crippen molar-refractivity contribution < 1.29 is 0 Å². The highest BCUT2D eigenvalue weighted by Gasteiger charge is 2.10. The third-order valence-electron chi connectivity index (χ3n) is 3.28. The van der Waals surface area contributed by atoms with E-state index in [4.69, 9.17) is 0 Å². The first-order valence-corrected chi connectivity index (χ1v) is 6.43. The van der Waals surface area contributed by atoms with Gasteiger partial charge < -0.3 is 0 Å². The maximum absolute atomic E-state index is 4.48. The molecule has 2 aromatic carbocycles. The second-order valence-corrected chi connectivity index (χ2v) is 4.58. The maximum atomic E-state index is 4.48. The van der Waals surface area contributed by atoms with Gasteiger partial charge >= 0.3 is 0 Å². The van der Waals surface area contributed by atoms with E-state index in [2.05, 4.69) is 60.4 Å². The van der Waals surface area contributed by atoms with Gasteiger partial charge in [-0.25, -0.2) is 0 Å². The molecule has 0 aliphatic rings. The summed E-state index contributed by atoms with van der Waals surface area (Å²) in [4.78, 5) is 4.48. The lowest BCUT2D eigenvalue weighted by molar-refractivity contribution is 1.32. The molecule has 0 N–H and O–H groups in total. The second-order valence-electron chi connectivity index (χ2n) is 4.58. The summed E-state index contributed by atoms with van der Waals surface area (Å²) in [6.45, 7) is 2.15. The minimum atomic E-state index is 1.02. The van der Waals surface area contributed by atoms with E-state index in [1.54, 1.807) is 0 Å². The van der Waals surface area contributed by atoms with Crippen LogP contribution in [0.2, 0.25) is 0 Å². The van der Waals surface area contributed by atoms with Crippen molar-refractivity contribution in [1.82, 2.24) is 4.98 Å². The number of aromatic nitrogens is 1. The molecule has 1 aromatic heterocycles. The third kappa shape index (κ3) is 2.27. The van der Waals surface area contributed by atoms with E-state index < -0.39 is 0 Å². The zero-order chi connectivity index (χ0) is 13.1. The van der Waals surface area contributed by atoms with Crippen LogP contribution in [0.15, 0.2) is 72.9 Å². The van der Waals surface area contributed by atoms with Gasteiger partial charge in [0.15, 0.2) is 0 Å². The Kier molecular flexibility index (Phi) is 3.11. The van der Waals surface area contributed by atoms with E-state index in [0.29, 0.717) is 0 Å². The fraction of sp³-hybridized carbons (Fsp3) is 0.0556. The van der Waals surface area contributed by atoms with E-state index in [1.165, 1.54) is 22.3 Å². The average Bonchev–Trinajstić information content (AvgIpc) is 2.49. The smallest absolute Gasteiger partial charge is 0.0708 e. The van der Waals surface area contributed by atoms with E-state index in [-0.39, 0.29) is 0 Å². The first-order chi connectivity index (χ1) is 9.36. The minimum Gasteiger partial charge on any atom is -0.256 e. The van der Waals surface area contributed by atoms with E-state index in [0.717, 1.165) is 5.69 Å². The quantitative estimate of drug-likeness (QED) is 0.636. The van der Waals surface area contributed by atoms with Gasteiger partial charge in [-0.05, 0) is 35.7 Å². The Balaban J connectivity index is 2.25. The van der Waals surface area contributed by atoms with E-state index in [1.807, 2.05) is 24.4 Å². The summed E-state index contributed by atoms with van der Waals surface area (Å²) in [5.41, 5.74) is 5.98. The number of nitrogens with zero attached hydrogens (tertiary/aromatic N) is 1. The van der Waals surface area contributed by atoms with Gasteiger partial charge in [-0.2, -0.15) is 0 Å². The Bertz CT molecular complexity index is 673. The molecule has 3 aromatic rings. The molecule has 0 aliphatic heterocycles. The zero-order valence-electron chi connectivity index (χ0n) is 10.9. The monoisotopic (exact) mass is 245 g/mol. The lowest BCUT2D eigenvalue weighted by atomic mass is 9.93. The Morgan fingerprint density at radius 1 is 0.737 bits per heavy atom. The molecule has 0 radical (unpaired) electrons. The van der Waals surface area contributed by atoms with Crippen molar-refractivity contribution in [2.45, 2.75) is 6.92 Å². The predicted molar refractivity (Wildman–Crippen MR) is 79.8 cm³/mol. The van der Waals surface area contributed by atoms with Gasteiger partial charge in [-0.15, -0.1) is 0 Å². The molecule has 0 bridgehead atoms. The van der Waals surface area contributed by atoms with Crippen LogP contribution < -0.4 is 0 Å². The van der Waals surface area contributed by atoms with Crippen LogP contribution in [0.25, 0.3) is 22.4 Å². The summed E-state index contributed by atoms with van der Waals surface area (Å²) < 4.78 is 0. The lowest BCUT2D eigenvalue weighted by Gasteiger charge is -2.12. The van der Waals surface area contributed by atoms with Gasteiger partial charge in [-0.1, -0.05) is 54.6 Å². The van der Waals surface area contributed by atoms with Gasteiger partial charge in [0.25, 0.3) is 0 Å². The second kappa shape index (κ2) is 5.07. The van der Waals surface area contributed by atoms with Gasteiger partial charge in [0.1, 0.15) is 0 Å². The number of hydrogen-bond acceptors (Lipinski definition) is 1. The van der Waals surface area contributed by atoms with Gasteiger partial charge in [0.05, 0.1) is 5.69 Å². The molecule has 3 rings (SSSR count). The average molecular weight is 245 g/mol. The van der Waals surface area contributed by atoms with Gasteiger partial charge in [-0.3, -0.25) is 4.98 Å². The van der Waals surface area contributed by atoms with Crippen molar-refractivity contribution in [3.63, 3.8) is 0 Å². The number of rotatable bonds is 2. The summed E-state index contributed by atoms with van der Waals surface area (Å²) in [5, 5.41) is 0. The highest BCUT2D eigenvalue weighted by Crippen LogP contribution is 2.33. The Hall–Kier alpha value is -2.41. The minimum absolute atomic E-state index is 1.02. The molecule has 0 saturated carbocycles. The van der Waals surface area contributed by atoms with Crippen molar-refractivity contribution in [3.8, 4) is 22.4 Å². The van der Waals surface area contributed by atoms with Crippen LogP contribution in [0.4, 0.5) is 0 Å². The van der Waals surface area contributed by atoms with Crippen LogP contribution in [-0.2, 0) is 0 Å². The van der Waals surface area contributed by atoms with Gasteiger partial charge in [0, 0.05) is 11.8 Å². The summed E-state index contributed by atoms with van der Waals surface area (Å²) >= 11 is 0. The summed E-state index contributed by atoms with van der Waals surface area (Å²) in [7, 11) is 0. The Morgan fingerprint density at radius 2 is 1.53 bits per heavy atom. The molecule has 0 fully saturated rings. The topological polar surface area (TPSA) is 12.9 Å². The van der Waals surface area contributed by atoms with E-state index in [9.17, 15) is 0 Å². The molecule has 0 atom stereocenters. The molecular weight excluding hydrogens is 230 g/mol. The maximum Gasteiger partial charge on any atom is 0.0708 e. The van der Waals surface area contributed by atoms with Crippen molar-refractivity contribution in [1.29, 1.82) is 0 Å². The number of aryl methyl sites for hydroxylation is 1. The molecule has 1 heteroatoms. The summed E-state index contributed by atoms with van der Waals surface area (Å²) in [5.74, 6) is 0. The zero-order valence-corrected chi connectivity index (χ0v) is 10.9. The SMILES string of the molecule is Cc1cccc(-c2ccccn2)c1-c1ccccc1. The predicted octanol–water partition coefficient (Wildman–Crippen LogP) is 4.72. The molecule has 1 heterocycles. The number of pyridine rings is 1. The van der Waals surface area contributed by atoms with Crippen LogP contribution in [0, 0.1) is 6.92 Å². The molecule has 0 unspecified atom stereocenters. The first kappa shape index (κ1) is 11.7. The number of hydrogen-bond donors (Lipinski definition) is 0. The summed E-state index contributed by atoms with van der Waals surface area (Å²) in [6.07, 6.45) is 1.84. The molecule has 19 heavy (non-hydrogen) atoms. The van der Waals surface area contributed by atoms with Crippen molar-refractivity contribution >= 4 is 0 Å². The molecule has 0 spiro atoms.